The first kappa shape index (κ1) is 17.2. The Kier molecular flexibility index (Phi) is 6.51. The molecule has 0 amide bonds. The van der Waals surface area contributed by atoms with Crippen molar-refractivity contribution in [3.8, 4) is 0 Å². The lowest BCUT2D eigenvalue weighted by atomic mass is 10.1. The van der Waals surface area contributed by atoms with Crippen LogP contribution in [0.3, 0.4) is 0 Å². The molecule has 2 saturated heterocycles. The van der Waals surface area contributed by atoms with Gasteiger partial charge in [0.1, 0.15) is 0 Å². The Morgan fingerprint density at radius 3 is 2.71 bits per heavy atom. The minimum atomic E-state index is 0. The minimum Gasteiger partial charge on any atom is -0.314 e. The Morgan fingerprint density at radius 2 is 2.00 bits per heavy atom. The summed E-state index contributed by atoms with van der Waals surface area (Å²) < 4.78 is 1.23. The number of piperazine rings is 1. The molecule has 2 heterocycles. The summed E-state index contributed by atoms with van der Waals surface area (Å²) in [5.74, 6) is 0. The number of hydrogen-bond acceptors (Lipinski definition) is 3. The molecule has 0 bridgehead atoms. The fraction of sp³-hybridized carbons (Fsp3) is 0.625. The molecule has 1 atom stereocenters. The molecule has 0 aliphatic carbocycles. The molecule has 1 aromatic rings. The molecule has 0 aromatic heterocycles. The first-order chi connectivity index (χ1) is 9.72. The van der Waals surface area contributed by atoms with E-state index >= 15 is 0 Å². The minimum absolute atomic E-state index is 0. The average Bonchev–Trinajstić information content (AvgIpc) is 2.92. The Hall–Kier alpha value is -0.130. The largest absolute Gasteiger partial charge is 0.314 e. The number of nitrogens with one attached hydrogen (secondary N) is 1. The maximum absolute atomic E-state index is 3.64. The molecule has 5 heteroatoms. The van der Waals surface area contributed by atoms with Crippen molar-refractivity contribution in [3.63, 3.8) is 0 Å². The number of halogens is 2. The molecule has 118 valence electrons. The van der Waals surface area contributed by atoms with Crippen LogP contribution in [-0.4, -0.2) is 55.1 Å². The quantitative estimate of drug-likeness (QED) is 0.877. The van der Waals surface area contributed by atoms with Crippen molar-refractivity contribution in [3.05, 3.63) is 33.8 Å². The molecule has 2 aliphatic rings. The van der Waals surface area contributed by atoms with Crippen LogP contribution in [-0.2, 0) is 6.54 Å². The Bertz CT molecular complexity index is 463. The molecule has 2 aliphatic heterocycles. The Balaban J connectivity index is 0.00000161. The molecule has 21 heavy (non-hydrogen) atoms. The maximum atomic E-state index is 3.64. The Labute approximate surface area is 142 Å². The normalized spacial score (nSPS) is 24.0. The van der Waals surface area contributed by atoms with Gasteiger partial charge >= 0.3 is 0 Å². The molecular weight excluding hydrogens is 350 g/mol. The number of likely N-dealkylation sites (tertiary alicyclic amines) is 1. The molecular formula is C16H25BrClN3. The van der Waals surface area contributed by atoms with Gasteiger partial charge in [0.25, 0.3) is 0 Å². The van der Waals surface area contributed by atoms with E-state index in [4.69, 9.17) is 0 Å². The van der Waals surface area contributed by atoms with Gasteiger partial charge in [0.05, 0.1) is 0 Å². The highest BCUT2D eigenvalue weighted by Gasteiger charge is 2.28. The second kappa shape index (κ2) is 7.93. The summed E-state index contributed by atoms with van der Waals surface area (Å²) in [6, 6.07) is 7.51. The summed E-state index contributed by atoms with van der Waals surface area (Å²) in [5.41, 5.74) is 2.73. The van der Waals surface area contributed by atoms with E-state index in [0.717, 1.165) is 25.7 Å². The van der Waals surface area contributed by atoms with E-state index in [0.29, 0.717) is 0 Å². The highest BCUT2D eigenvalue weighted by molar-refractivity contribution is 9.10. The highest BCUT2D eigenvalue weighted by atomic mass is 79.9. The summed E-state index contributed by atoms with van der Waals surface area (Å²) >= 11 is 3.64. The first-order valence-electron chi connectivity index (χ1n) is 7.64. The number of aryl methyl sites for hydroxylation is 1. The molecule has 3 rings (SSSR count). The standard InChI is InChI=1S/C16H24BrN3.ClH/c1-13-2-3-14(10-16(13)17)11-19-7-4-15(12-19)20-8-5-18-6-9-20;/h2-3,10,15,18H,4-9,11-12H2,1H3;1H. The number of rotatable bonds is 3. The monoisotopic (exact) mass is 373 g/mol. The SMILES string of the molecule is Cc1ccc(CN2CCC(N3CCNCC3)C2)cc1Br.Cl. The van der Waals surface area contributed by atoms with E-state index in [9.17, 15) is 0 Å². The fourth-order valence-electron chi connectivity index (χ4n) is 3.29. The lowest BCUT2D eigenvalue weighted by Gasteiger charge is -2.32. The van der Waals surface area contributed by atoms with Crippen LogP contribution >= 0.6 is 28.3 Å². The lowest BCUT2D eigenvalue weighted by molar-refractivity contribution is 0.170. The number of benzene rings is 1. The second-order valence-corrected chi connectivity index (χ2v) is 6.90. The van der Waals surface area contributed by atoms with Crippen molar-refractivity contribution in [2.24, 2.45) is 0 Å². The van der Waals surface area contributed by atoms with Crippen molar-refractivity contribution in [1.29, 1.82) is 0 Å². The van der Waals surface area contributed by atoms with Crippen molar-refractivity contribution in [2.45, 2.75) is 25.9 Å². The van der Waals surface area contributed by atoms with Gasteiger partial charge in [0, 0.05) is 56.3 Å². The van der Waals surface area contributed by atoms with E-state index in [-0.39, 0.29) is 12.4 Å². The lowest BCUT2D eigenvalue weighted by Crippen LogP contribution is -2.49. The van der Waals surface area contributed by atoms with E-state index in [1.807, 2.05) is 0 Å². The van der Waals surface area contributed by atoms with Gasteiger partial charge in [-0.3, -0.25) is 9.80 Å². The molecule has 3 nitrogen and oxygen atoms in total. The van der Waals surface area contributed by atoms with Gasteiger partial charge in [0.15, 0.2) is 0 Å². The predicted molar refractivity (Wildman–Crippen MR) is 94.3 cm³/mol. The smallest absolute Gasteiger partial charge is 0.0236 e. The van der Waals surface area contributed by atoms with E-state index in [1.54, 1.807) is 0 Å². The van der Waals surface area contributed by atoms with Crippen LogP contribution in [0.1, 0.15) is 17.5 Å². The van der Waals surface area contributed by atoms with Gasteiger partial charge in [0.2, 0.25) is 0 Å². The number of hydrogen-bond donors (Lipinski definition) is 1. The van der Waals surface area contributed by atoms with Crippen LogP contribution in [0, 0.1) is 6.92 Å². The van der Waals surface area contributed by atoms with Crippen LogP contribution in [0.25, 0.3) is 0 Å². The molecule has 0 spiro atoms. The van der Waals surface area contributed by atoms with Gasteiger partial charge < -0.3 is 5.32 Å². The van der Waals surface area contributed by atoms with Crippen LogP contribution in [0.4, 0.5) is 0 Å². The van der Waals surface area contributed by atoms with Gasteiger partial charge in [-0.25, -0.2) is 0 Å². The molecule has 0 radical (unpaired) electrons. The van der Waals surface area contributed by atoms with E-state index in [2.05, 4.69) is 56.2 Å². The van der Waals surface area contributed by atoms with Crippen molar-refractivity contribution >= 4 is 28.3 Å². The van der Waals surface area contributed by atoms with Crippen molar-refractivity contribution in [1.82, 2.24) is 15.1 Å². The van der Waals surface area contributed by atoms with E-state index in [1.165, 1.54) is 48.2 Å². The zero-order chi connectivity index (χ0) is 13.9. The van der Waals surface area contributed by atoms with E-state index < -0.39 is 0 Å². The van der Waals surface area contributed by atoms with Crippen LogP contribution in [0.15, 0.2) is 22.7 Å². The third kappa shape index (κ3) is 4.42. The molecule has 2 fully saturated rings. The summed E-state index contributed by atoms with van der Waals surface area (Å²) in [7, 11) is 0. The molecule has 1 unspecified atom stereocenters. The summed E-state index contributed by atoms with van der Waals surface area (Å²) in [6.45, 7) is 10.4. The van der Waals surface area contributed by atoms with Gasteiger partial charge in [-0.2, -0.15) is 0 Å². The third-order valence-electron chi connectivity index (χ3n) is 4.56. The molecule has 0 saturated carbocycles. The second-order valence-electron chi connectivity index (χ2n) is 6.05. The summed E-state index contributed by atoms with van der Waals surface area (Å²) in [5, 5.41) is 3.44. The van der Waals surface area contributed by atoms with Crippen LogP contribution in [0.5, 0.6) is 0 Å². The van der Waals surface area contributed by atoms with Gasteiger partial charge in [-0.05, 0) is 30.5 Å². The zero-order valence-electron chi connectivity index (χ0n) is 12.6. The Morgan fingerprint density at radius 1 is 1.24 bits per heavy atom. The highest BCUT2D eigenvalue weighted by Crippen LogP contribution is 2.22. The van der Waals surface area contributed by atoms with Crippen LogP contribution < -0.4 is 5.32 Å². The topological polar surface area (TPSA) is 18.5 Å². The maximum Gasteiger partial charge on any atom is 0.0236 e. The zero-order valence-corrected chi connectivity index (χ0v) is 15.0. The number of nitrogens with zero attached hydrogens (tertiary/aromatic N) is 2. The van der Waals surface area contributed by atoms with Gasteiger partial charge in [-0.15, -0.1) is 12.4 Å². The fourth-order valence-corrected chi connectivity index (χ4v) is 3.72. The third-order valence-corrected chi connectivity index (χ3v) is 5.41. The summed E-state index contributed by atoms with van der Waals surface area (Å²) in [6.07, 6.45) is 1.33. The molecule has 1 aromatic carbocycles. The predicted octanol–water partition coefficient (Wildman–Crippen LogP) is 2.66. The molecule has 1 N–H and O–H groups in total. The van der Waals surface area contributed by atoms with Crippen LogP contribution in [0.2, 0.25) is 0 Å². The average molecular weight is 375 g/mol. The van der Waals surface area contributed by atoms with Gasteiger partial charge in [-0.1, -0.05) is 28.1 Å². The van der Waals surface area contributed by atoms with Crippen molar-refractivity contribution < 1.29 is 0 Å². The first-order valence-corrected chi connectivity index (χ1v) is 8.44. The summed E-state index contributed by atoms with van der Waals surface area (Å²) in [4.78, 5) is 5.27. The van der Waals surface area contributed by atoms with Crippen molar-refractivity contribution in [2.75, 3.05) is 39.3 Å².